The minimum absolute atomic E-state index is 0.269. The highest BCUT2D eigenvalue weighted by Gasteiger charge is 2.24. The first-order chi connectivity index (χ1) is 6.27. The Balaban J connectivity index is 2.12. The van der Waals surface area contributed by atoms with Crippen molar-refractivity contribution in [1.29, 1.82) is 0 Å². The number of ketones is 1. The molecule has 0 atom stereocenters. The quantitative estimate of drug-likeness (QED) is 0.794. The van der Waals surface area contributed by atoms with Crippen LogP contribution in [-0.2, 0) is 0 Å². The second-order valence-electron chi connectivity index (χ2n) is 3.57. The van der Waals surface area contributed by atoms with Gasteiger partial charge in [0.2, 0.25) is 0 Å². The fourth-order valence-electron chi connectivity index (χ4n) is 1.92. The molecule has 0 aromatic carbocycles. The van der Waals surface area contributed by atoms with Crippen LogP contribution >= 0.6 is 15.9 Å². The van der Waals surface area contributed by atoms with Gasteiger partial charge < -0.3 is 4.98 Å². The topological polar surface area (TPSA) is 32.9 Å². The number of hydrogen-bond acceptors (Lipinski definition) is 1. The van der Waals surface area contributed by atoms with E-state index in [1.807, 2.05) is 12.1 Å². The van der Waals surface area contributed by atoms with E-state index < -0.39 is 0 Å². The molecule has 0 radical (unpaired) electrons. The first-order valence-corrected chi connectivity index (χ1v) is 5.45. The molecule has 13 heavy (non-hydrogen) atoms. The van der Waals surface area contributed by atoms with E-state index in [0.29, 0.717) is 0 Å². The molecular weight excluding hydrogens is 230 g/mol. The summed E-state index contributed by atoms with van der Waals surface area (Å²) in [5.41, 5.74) is 0.749. The highest BCUT2D eigenvalue weighted by Crippen LogP contribution is 2.28. The summed E-state index contributed by atoms with van der Waals surface area (Å²) >= 11 is 3.30. The van der Waals surface area contributed by atoms with Gasteiger partial charge in [-0.15, -0.1) is 0 Å². The largest absolute Gasteiger partial charge is 0.347 e. The fraction of sp³-hybridized carbons (Fsp3) is 0.500. The van der Waals surface area contributed by atoms with Crippen LogP contribution < -0.4 is 0 Å². The number of carbonyl (C=O) groups is 1. The summed E-state index contributed by atoms with van der Waals surface area (Å²) in [7, 11) is 0. The SMILES string of the molecule is O=C(c1ccc(Br)[nH]1)C1CCCC1. The second kappa shape index (κ2) is 3.66. The Morgan fingerprint density at radius 3 is 2.62 bits per heavy atom. The molecule has 1 heterocycles. The Bertz CT molecular complexity index is 312. The Kier molecular flexibility index (Phi) is 2.54. The molecule has 0 spiro atoms. The van der Waals surface area contributed by atoms with Crippen molar-refractivity contribution in [2.45, 2.75) is 25.7 Å². The average molecular weight is 242 g/mol. The van der Waals surface area contributed by atoms with Crippen molar-refractivity contribution < 1.29 is 4.79 Å². The Labute approximate surface area is 85.9 Å². The zero-order chi connectivity index (χ0) is 9.26. The zero-order valence-corrected chi connectivity index (χ0v) is 8.93. The van der Waals surface area contributed by atoms with Gasteiger partial charge >= 0.3 is 0 Å². The van der Waals surface area contributed by atoms with Crippen LogP contribution in [0.2, 0.25) is 0 Å². The minimum Gasteiger partial charge on any atom is -0.347 e. The van der Waals surface area contributed by atoms with E-state index in [-0.39, 0.29) is 11.7 Å². The highest BCUT2D eigenvalue weighted by atomic mass is 79.9. The molecule has 1 saturated carbocycles. The van der Waals surface area contributed by atoms with Crippen LogP contribution in [0, 0.1) is 5.92 Å². The van der Waals surface area contributed by atoms with Gasteiger partial charge in [-0.2, -0.15) is 0 Å². The molecule has 0 saturated heterocycles. The van der Waals surface area contributed by atoms with Crippen LogP contribution in [0.3, 0.4) is 0 Å². The van der Waals surface area contributed by atoms with Crippen LogP contribution in [0.25, 0.3) is 0 Å². The van der Waals surface area contributed by atoms with Crippen molar-refractivity contribution in [1.82, 2.24) is 4.98 Å². The van der Waals surface area contributed by atoms with Crippen molar-refractivity contribution in [3.8, 4) is 0 Å². The molecule has 1 fully saturated rings. The molecule has 2 rings (SSSR count). The monoisotopic (exact) mass is 241 g/mol. The lowest BCUT2D eigenvalue weighted by Gasteiger charge is -2.04. The summed E-state index contributed by atoms with van der Waals surface area (Å²) in [6.45, 7) is 0. The molecule has 1 aliphatic rings. The zero-order valence-electron chi connectivity index (χ0n) is 7.35. The molecule has 70 valence electrons. The van der Waals surface area contributed by atoms with E-state index >= 15 is 0 Å². The van der Waals surface area contributed by atoms with Gasteiger partial charge in [-0.3, -0.25) is 4.79 Å². The lowest BCUT2D eigenvalue weighted by atomic mass is 10.0. The maximum atomic E-state index is 11.8. The molecule has 1 aromatic heterocycles. The van der Waals surface area contributed by atoms with Gasteiger partial charge in [-0.1, -0.05) is 12.8 Å². The number of H-pyrrole nitrogens is 1. The molecule has 0 amide bonds. The van der Waals surface area contributed by atoms with Crippen LogP contribution in [0.5, 0.6) is 0 Å². The number of nitrogens with one attached hydrogen (secondary N) is 1. The van der Waals surface area contributed by atoms with Crippen molar-refractivity contribution in [3.05, 3.63) is 22.4 Å². The highest BCUT2D eigenvalue weighted by molar-refractivity contribution is 9.10. The molecular formula is C10H12BrNO. The maximum absolute atomic E-state index is 11.8. The fourth-order valence-corrected chi connectivity index (χ4v) is 2.27. The number of rotatable bonds is 2. The predicted octanol–water partition coefficient (Wildman–Crippen LogP) is 3.15. The van der Waals surface area contributed by atoms with Crippen LogP contribution in [-0.4, -0.2) is 10.8 Å². The van der Waals surface area contributed by atoms with Gasteiger partial charge in [0.1, 0.15) is 0 Å². The van der Waals surface area contributed by atoms with Gasteiger partial charge in [0, 0.05) is 5.92 Å². The van der Waals surface area contributed by atoms with E-state index in [2.05, 4.69) is 20.9 Å². The number of halogens is 1. The van der Waals surface area contributed by atoms with Crippen molar-refractivity contribution >= 4 is 21.7 Å². The van der Waals surface area contributed by atoms with E-state index in [1.165, 1.54) is 12.8 Å². The maximum Gasteiger partial charge on any atom is 0.182 e. The number of aromatic amines is 1. The summed E-state index contributed by atoms with van der Waals surface area (Å²) in [5, 5.41) is 0. The number of Topliss-reactive ketones (excluding diaryl/α,β-unsaturated/α-hetero) is 1. The molecule has 3 heteroatoms. The summed E-state index contributed by atoms with van der Waals surface area (Å²) in [6, 6.07) is 3.73. The third kappa shape index (κ3) is 1.85. The lowest BCUT2D eigenvalue weighted by molar-refractivity contribution is 0.0918. The normalized spacial score (nSPS) is 17.9. The van der Waals surface area contributed by atoms with Crippen LogP contribution in [0.15, 0.2) is 16.7 Å². The number of carbonyl (C=O) groups excluding carboxylic acids is 1. The van der Waals surface area contributed by atoms with Gasteiger partial charge in [-0.05, 0) is 40.9 Å². The van der Waals surface area contributed by atoms with Crippen LogP contribution in [0.4, 0.5) is 0 Å². The van der Waals surface area contributed by atoms with Gasteiger partial charge in [0.05, 0.1) is 10.3 Å². The van der Waals surface area contributed by atoms with Gasteiger partial charge in [0.15, 0.2) is 5.78 Å². The molecule has 1 aromatic rings. The number of aromatic nitrogens is 1. The van der Waals surface area contributed by atoms with Crippen molar-refractivity contribution in [2.75, 3.05) is 0 Å². The lowest BCUT2D eigenvalue weighted by Crippen LogP contribution is -2.11. The average Bonchev–Trinajstić information content (AvgIpc) is 2.72. The van der Waals surface area contributed by atoms with Crippen molar-refractivity contribution in [3.63, 3.8) is 0 Å². The molecule has 0 bridgehead atoms. The summed E-state index contributed by atoms with van der Waals surface area (Å²) in [4.78, 5) is 14.8. The van der Waals surface area contributed by atoms with Crippen molar-refractivity contribution in [2.24, 2.45) is 5.92 Å². The minimum atomic E-state index is 0.269. The Morgan fingerprint density at radius 2 is 2.08 bits per heavy atom. The van der Waals surface area contributed by atoms with E-state index in [1.54, 1.807) is 0 Å². The smallest absolute Gasteiger partial charge is 0.182 e. The predicted molar refractivity (Wildman–Crippen MR) is 54.8 cm³/mol. The third-order valence-corrected chi connectivity index (χ3v) is 3.10. The van der Waals surface area contributed by atoms with E-state index in [4.69, 9.17) is 0 Å². The number of hydrogen-bond donors (Lipinski definition) is 1. The summed E-state index contributed by atoms with van der Waals surface area (Å²) in [6.07, 6.45) is 4.54. The molecule has 1 aliphatic carbocycles. The van der Waals surface area contributed by atoms with E-state index in [9.17, 15) is 4.79 Å². The summed E-state index contributed by atoms with van der Waals surface area (Å²) in [5.74, 6) is 0.550. The summed E-state index contributed by atoms with van der Waals surface area (Å²) < 4.78 is 0.883. The molecule has 0 unspecified atom stereocenters. The Hall–Kier alpha value is -0.570. The van der Waals surface area contributed by atoms with Crippen LogP contribution in [0.1, 0.15) is 36.2 Å². The molecule has 0 aliphatic heterocycles. The standard InChI is InChI=1S/C10H12BrNO/c11-9-6-5-8(12-9)10(13)7-3-1-2-4-7/h5-7,12H,1-4H2. The second-order valence-corrected chi connectivity index (χ2v) is 4.42. The third-order valence-electron chi connectivity index (χ3n) is 2.64. The molecule has 2 nitrogen and oxygen atoms in total. The first kappa shape index (κ1) is 9.00. The van der Waals surface area contributed by atoms with E-state index in [0.717, 1.165) is 23.1 Å². The van der Waals surface area contributed by atoms with Gasteiger partial charge in [-0.25, -0.2) is 0 Å². The van der Waals surface area contributed by atoms with Gasteiger partial charge in [0.25, 0.3) is 0 Å². The Morgan fingerprint density at radius 1 is 1.38 bits per heavy atom. The molecule has 1 N–H and O–H groups in total. The first-order valence-electron chi connectivity index (χ1n) is 4.66.